The van der Waals surface area contributed by atoms with Gasteiger partial charge in [0.25, 0.3) is 0 Å². The number of nitrogens with one attached hydrogen (secondary N) is 2. The van der Waals surface area contributed by atoms with Crippen LogP contribution < -0.4 is 10.6 Å². The highest BCUT2D eigenvalue weighted by Gasteiger charge is 2.19. The zero-order valence-corrected chi connectivity index (χ0v) is 19.9. The van der Waals surface area contributed by atoms with Crippen molar-refractivity contribution in [3.8, 4) is 0 Å². The van der Waals surface area contributed by atoms with E-state index < -0.39 is 0 Å². The molecule has 0 radical (unpaired) electrons. The summed E-state index contributed by atoms with van der Waals surface area (Å²) < 4.78 is 0. The van der Waals surface area contributed by atoms with E-state index in [1.807, 2.05) is 0 Å². The third-order valence-electron chi connectivity index (χ3n) is 4.56. The van der Waals surface area contributed by atoms with Crippen molar-refractivity contribution in [3.63, 3.8) is 0 Å². The van der Waals surface area contributed by atoms with Gasteiger partial charge < -0.3 is 15.5 Å². The average molecular weight is 494 g/mol. The number of aromatic nitrogens is 1. The van der Waals surface area contributed by atoms with Crippen LogP contribution in [0.2, 0.25) is 0 Å². The number of piperidine rings is 1. The lowest BCUT2D eigenvalue weighted by Crippen LogP contribution is -2.48. The molecule has 1 aromatic rings. The number of thiazole rings is 1. The molecule has 0 saturated carbocycles. The quantitative estimate of drug-likeness (QED) is 0.324. The Bertz CT molecular complexity index is 524. The van der Waals surface area contributed by atoms with E-state index in [0.29, 0.717) is 18.5 Å². The molecule has 7 heteroatoms. The summed E-state index contributed by atoms with van der Waals surface area (Å²) in [6, 6.07) is 0.525. The van der Waals surface area contributed by atoms with Gasteiger partial charge in [0.2, 0.25) is 0 Å². The first kappa shape index (κ1) is 23.6. The molecule has 0 atom stereocenters. The van der Waals surface area contributed by atoms with Crippen molar-refractivity contribution in [2.24, 2.45) is 4.99 Å². The summed E-state index contributed by atoms with van der Waals surface area (Å²) in [4.78, 5) is 12.0. The minimum atomic E-state index is 0. The summed E-state index contributed by atoms with van der Waals surface area (Å²) in [7, 11) is 0. The topological polar surface area (TPSA) is 52.5 Å². The third-order valence-corrected chi connectivity index (χ3v) is 5.76. The third kappa shape index (κ3) is 8.08. The Morgan fingerprint density at radius 3 is 2.65 bits per heavy atom. The zero-order valence-electron chi connectivity index (χ0n) is 16.8. The number of rotatable bonds is 8. The Morgan fingerprint density at radius 1 is 1.35 bits per heavy atom. The summed E-state index contributed by atoms with van der Waals surface area (Å²) >= 11 is 1.74. The smallest absolute Gasteiger partial charge is 0.191 e. The van der Waals surface area contributed by atoms with E-state index >= 15 is 0 Å². The van der Waals surface area contributed by atoms with Gasteiger partial charge in [-0.25, -0.2) is 9.98 Å². The molecule has 1 aromatic heterocycles. The molecule has 0 bridgehead atoms. The van der Waals surface area contributed by atoms with E-state index in [2.05, 4.69) is 53.6 Å². The van der Waals surface area contributed by atoms with Crippen molar-refractivity contribution in [2.45, 2.75) is 71.9 Å². The maximum atomic E-state index is 4.74. The summed E-state index contributed by atoms with van der Waals surface area (Å²) in [5, 5.41) is 10.3. The Kier molecular flexibility index (Phi) is 11.7. The second-order valence-electron chi connectivity index (χ2n) is 7.14. The number of guanidine groups is 1. The lowest BCUT2D eigenvalue weighted by molar-refractivity contribution is 0.203. The van der Waals surface area contributed by atoms with E-state index in [4.69, 9.17) is 4.99 Å². The summed E-state index contributed by atoms with van der Waals surface area (Å²) in [6.45, 7) is 13.9. The fraction of sp³-hybridized carbons (Fsp3) is 0.789. The SMILES string of the molecule is CCCCN1CCC(NC(=NCc2csc(C(C)C)n2)NCC)CC1.I. The molecule has 150 valence electrons. The molecule has 1 saturated heterocycles. The molecule has 2 rings (SSSR count). The highest BCUT2D eigenvalue weighted by molar-refractivity contribution is 14.0. The van der Waals surface area contributed by atoms with Crippen molar-refractivity contribution in [2.75, 3.05) is 26.2 Å². The number of hydrogen-bond donors (Lipinski definition) is 2. The van der Waals surface area contributed by atoms with Crippen LogP contribution in [0.5, 0.6) is 0 Å². The van der Waals surface area contributed by atoms with Gasteiger partial charge in [-0.2, -0.15) is 0 Å². The van der Waals surface area contributed by atoms with Crippen molar-refractivity contribution in [3.05, 3.63) is 16.1 Å². The van der Waals surface area contributed by atoms with E-state index in [1.165, 1.54) is 50.3 Å². The van der Waals surface area contributed by atoms with Gasteiger partial charge >= 0.3 is 0 Å². The maximum Gasteiger partial charge on any atom is 0.191 e. The fourth-order valence-corrected chi connectivity index (χ4v) is 3.84. The minimum absolute atomic E-state index is 0. The number of aliphatic imine (C=N–C) groups is 1. The fourth-order valence-electron chi connectivity index (χ4n) is 3.02. The van der Waals surface area contributed by atoms with Crippen LogP contribution in [-0.2, 0) is 6.54 Å². The van der Waals surface area contributed by atoms with Crippen LogP contribution >= 0.6 is 35.3 Å². The first-order valence-corrected chi connectivity index (χ1v) is 10.7. The van der Waals surface area contributed by atoms with Gasteiger partial charge in [0.1, 0.15) is 0 Å². The van der Waals surface area contributed by atoms with Gasteiger partial charge in [0.15, 0.2) is 5.96 Å². The van der Waals surface area contributed by atoms with E-state index in [1.54, 1.807) is 11.3 Å². The first-order valence-electron chi connectivity index (χ1n) is 9.83. The zero-order chi connectivity index (χ0) is 18.1. The maximum absolute atomic E-state index is 4.74. The monoisotopic (exact) mass is 493 g/mol. The van der Waals surface area contributed by atoms with E-state index in [-0.39, 0.29) is 24.0 Å². The van der Waals surface area contributed by atoms with E-state index in [9.17, 15) is 0 Å². The molecule has 26 heavy (non-hydrogen) atoms. The molecule has 1 aliphatic heterocycles. The van der Waals surface area contributed by atoms with Crippen molar-refractivity contribution in [1.82, 2.24) is 20.5 Å². The van der Waals surface area contributed by atoms with Crippen molar-refractivity contribution >= 4 is 41.3 Å². The van der Waals surface area contributed by atoms with Crippen molar-refractivity contribution < 1.29 is 0 Å². The van der Waals surface area contributed by atoms with Gasteiger partial charge in [0.05, 0.1) is 17.2 Å². The van der Waals surface area contributed by atoms with Gasteiger partial charge in [-0.1, -0.05) is 27.2 Å². The molecule has 0 spiro atoms. The minimum Gasteiger partial charge on any atom is -0.357 e. The van der Waals surface area contributed by atoms with Crippen LogP contribution in [0, 0.1) is 0 Å². The first-order chi connectivity index (χ1) is 12.1. The van der Waals surface area contributed by atoms with Crippen molar-refractivity contribution in [1.29, 1.82) is 0 Å². The highest BCUT2D eigenvalue weighted by Crippen LogP contribution is 2.19. The van der Waals surface area contributed by atoms with Crippen LogP contribution in [0.1, 0.15) is 70.0 Å². The molecule has 1 aliphatic rings. The summed E-state index contributed by atoms with van der Waals surface area (Å²) in [5.41, 5.74) is 1.07. The number of hydrogen-bond acceptors (Lipinski definition) is 4. The van der Waals surface area contributed by atoms with Crippen LogP contribution in [0.15, 0.2) is 10.4 Å². The predicted molar refractivity (Wildman–Crippen MR) is 124 cm³/mol. The lowest BCUT2D eigenvalue weighted by atomic mass is 10.0. The molecule has 2 N–H and O–H groups in total. The molecular weight excluding hydrogens is 457 g/mol. The Balaban J connectivity index is 0.00000338. The molecule has 0 aromatic carbocycles. The second-order valence-corrected chi connectivity index (χ2v) is 8.03. The molecule has 5 nitrogen and oxygen atoms in total. The van der Waals surface area contributed by atoms with Crippen LogP contribution in [0.3, 0.4) is 0 Å². The molecule has 1 fully saturated rings. The Hall–Kier alpha value is -0.410. The van der Waals surface area contributed by atoms with Gasteiger partial charge in [-0.05, 0) is 32.7 Å². The highest BCUT2D eigenvalue weighted by atomic mass is 127. The molecule has 2 heterocycles. The lowest BCUT2D eigenvalue weighted by Gasteiger charge is -2.33. The molecular formula is C19H36IN5S. The van der Waals surface area contributed by atoms with Gasteiger partial charge in [-0.15, -0.1) is 35.3 Å². The number of likely N-dealkylation sites (tertiary alicyclic amines) is 1. The van der Waals surface area contributed by atoms with Gasteiger partial charge in [0, 0.05) is 37.0 Å². The normalized spacial score (nSPS) is 16.6. The predicted octanol–water partition coefficient (Wildman–Crippen LogP) is 4.20. The molecule has 0 amide bonds. The molecule has 0 aliphatic carbocycles. The standard InChI is InChI=1S/C19H35N5S.HI/c1-5-7-10-24-11-8-16(9-12-24)23-19(20-6-2)21-13-17-14-25-18(22-17)15(3)4;/h14-16H,5-13H2,1-4H3,(H2,20,21,23);1H. The van der Waals surface area contributed by atoms with Gasteiger partial charge in [-0.3, -0.25) is 0 Å². The number of nitrogens with zero attached hydrogens (tertiary/aromatic N) is 3. The number of halogens is 1. The van der Waals surface area contributed by atoms with E-state index in [0.717, 1.165) is 18.2 Å². The van der Waals surface area contributed by atoms with Crippen LogP contribution in [-0.4, -0.2) is 48.1 Å². The number of unbranched alkanes of at least 4 members (excludes halogenated alkanes) is 1. The second kappa shape index (κ2) is 12.9. The Labute approximate surface area is 180 Å². The summed E-state index contributed by atoms with van der Waals surface area (Å²) in [5.74, 6) is 1.42. The Morgan fingerprint density at radius 2 is 2.08 bits per heavy atom. The average Bonchev–Trinajstić information content (AvgIpc) is 3.08. The summed E-state index contributed by atoms with van der Waals surface area (Å²) in [6.07, 6.45) is 4.99. The molecule has 0 unspecified atom stereocenters. The van der Waals surface area contributed by atoms with Crippen LogP contribution in [0.25, 0.3) is 0 Å². The largest absolute Gasteiger partial charge is 0.357 e. The van der Waals surface area contributed by atoms with Crippen LogP contribution in [0.4, 0.5) is 0 Å².